The van der Waals surface area contributed by atoms with Gasteiger partial charge >= 0.3 is 0 Å². The molecule has 1 aromatic heterocycles. The fourth-order valence-electron chi connectivity index (χ4n) is 1.74. The van der Waals surface area contributed by atoms with Crippen LogP contribution in [0.25, 0.3) is 0 Å². The van der Waals surface area contributed by atoms with Gasteiger partial charge in [0.05, 0.1) is 0 Å². The lowest BCUT2D eigenvalue weighted by molar-refractivity contribution is 0.0952. The molecule has 0 atom stereocenters. The van der Waals surface area contributed by atoms with Crippen LogP contribution in [0.5, 0.6) is 0 Å². The molecule has 0 aliphatic heterocycles. The average Bonchev–Trinajstić information content (AvgIpc) is 2.53. The molecule has 2 amide bonds. The van der Waals surface area contributed by atoms with Gasteiger partial charge in [-0.3, -0.25) is 14.4 Å². The molecule has 3 N–H and O–H groups in total. The quantitative estimate of drug-likeness (QED) is 0.770. The Bertz CT molecular complexity index is 719. The second kappa shape index (κ2) is 7.16. The first-order valence-electron chi connectivity index (χ1n) is 6.85. The van der Waals surface area contributed by atoms with E-state index in [0.29, 0.717) is 17.8 Å². The van der Waals surface area contributed by atoms with Crippen LogP contribution >= 0.6 is 0 Å². The molecule has 0 fully saturated rings. The summed E-state index contributed by atoms with van der Waals surface area (Å²) in [7, 11) is 0. The van der Waals surface area contributed by atoms with E-state index in [1.165, 1.54) is 12.1 Å². The molecule has 2 aromatic rings. The van der Waals surface area contributed by atoms with E-state index in [2.05, 4.69) is 20.8 Å². The highest BCUT2D eigenvalue weighted by atomic mass is 16.2. The van der Waals surface area contributed by atoms with Crippen molar-refractivity contribution in [3.05, 3.63) is 58.0 Å². The van der Waals surface area contributed by atoms with Gasteiger partial charge < -0.3 is 10.6 Å². The van der Waals surface area contributed by atoms with Gasteiger partial charge in [0.2, 0.25) is 0 Å². The van der Waals surface area contributed by atoms with Crippen LogP contribution in [0, 0.1) is 0 Å². The number of H-pyrrole nitrogens is 1. The maximum Gasteiger partial charge on any atom is 0.276 e. The van der Waals surface area contributed by atoms with E-state index in [9.17, 15) is 14.4 Å². The van der Waals surface area contributed by atoms with E-state index in [1.54, 1.807) is 24.3 Å². The summed E-state index contributed by atoms with van der Waals surface area (Å²) in [6.07, 6.45) is 0.847. The van der Waals surface area contributed by atoms with Gasteiger partial charge in [0.15, 0.2) is 0 Å². The molecule has 7 heteroatoms. The third-order valence-electron chi connectivity index (χ3n) is 2.83. The van der Waals surface area contributed by atoms with Crippen LogP contribution < -0.4 is 16.2 Å². The molecule has 0 saturated carbocycles. The van der Waals surface area contributed by atoms with Gasteiger partial charge in [0.1, 0.15) is 5.69 Å². The minimum atomic E-state index is -0.470. The summed E-state index contributed by atoms with van der Waals surface area (Å²) in [5, 5.41) is 11.2. The monoisotopic (exact) mass is 300 g/mol. The Labute approximate surface area is 126 Å². The number of nitrogens with one attached hydrogen (secondary N) is 3. The summed E-state index contributed by atoms with van der Waals surface area (Å²) >= 11 is 0. The van der Waals surface area contributed by atoms with Crippen molar-refractivity contribution >= 4 is 17.5 Å². The van der Waals surface area contributed by atoms with Gasteiger partial charge in [0, 0.05) is 23.9 Å². The molecule has 7 nitrogen and oxygen atoms in total. The van der Waals surface area contributed by atoms with E-state index in [0.717, 1.165) is 6.42 Å². The number of nitrogens with zero attached hydrogens (tertiary/aromatic N) is 1. The summed E-state index contributed by atoms with van der Waals surface area (Å²) < 4.78 is 0. The van der Waals surface area contributed by atoms with Crippen molar-refractivity contribution in [2.45, 2.75) is 13.3 Å². The van der Waals surface area contributed by atoms with Crippen molar-refractivity contribution in [2.24, 2.45) is 0 Å². The fourth-order valence-corrected chi connectivity index (χ4v) is 1.74. The Morgan fingerprint density at radius 2 is 2.00 bits per heavy atom. The standard InChI is InChI=1S/C15H16N4O3/c1-2-8-16-14(21)10-4-3-5-11(9-10)17-15(22)12-6-7-13(20)19-18-12/h3-7,9H,2,8H2,1H3,(H,16,21)(H,17,22)(H,19,20). The summed E-state index contributed by atoms with van der Waals surface area (Å²) in [5.41, 5.74) is 0.634. The van der Waals surface area contributed by atoms with Gasteiger partial charge in [-0.2, -0.15) is 5.10 Å². The van der Waals surface area contributed by atoms with Crippen LogP contribution in [0.15, 0.2) is 41.2 Å². The number of rotatable bonds is 5. The molecule has 0 radical (unpaired) electrons. The van der Waals surface area contributed by atoms with Crippen LogP contribution in [0.2, 0.25) is 0 Å². The number of carbonyl (C=O) groups is 2. The van der Waals surface area contributed by atoms with E-state index >= 15 is 0 Å². The highest BCUT2D eigenvalue weighted by Crippen LogP contribution is 2.11. The Morgan fingerprint density at radius 3 is 2.68 bits per heavy atom. The number of amides is 2. The molecule has 2 rings (SSSR count). The predicted molar refractivity (Wildman–Crippen MR) is 81.9 cm³/mol. The Kier molecular flexibility index (Phi) is 5.02. The Balaban J connectivity index is 2.09. The predicted octanol–water partition coefficient (Wildman–Crippen LogP) is 1.16. The third-order valence-corrected chi connectivity index (χ3v) is 2.83. The molecular formula is C15H16N4O3. The smallest absolute Gasteiger partial charge is 0.276 e. The molecule has 22 heavy (non-hydrogen) atoms. The normalized spacial score (nSPS) is 10.0. The van der Waals surface area contributed by atoms with Crippen molar-refractivity contribution in [3.8, 4) is 0 Å². The van der Waals surface area contributed by atoms with Crippen molar-refractivity contribution in [2.75, 3.05) is 11.9 Å². The second-order valence-corrected chi connectivity index (χ2v) is 4.60. The molecule has 1 aromatic carbocycles. The van der Waals surface area contributed by atoms with Crippen molar-refractivity contribution in [3.63, 3.8) is 0 Å². The third kappa shape index (κ3) is 4.02. The number of aromatic nitrogens is 2. The van der Waals surface area contributed by atoms with Gasteiger partial charge in [-0.15, -0.1) is 0 Å². The number of aromatic amines is 1. The van der Waals surface area contributed by atoms with Crippen molar-refractivity contribution in [1.29, 1.82) is 0 Å². The molecule has 114 valence electrons. The molecule has 0 aliphatic rings. The number of anilines is 1. The molecule has 0 saturated heterocycles. The zero-order chi connectivity index (χ0) is 15.9. The molecule has 0 aliphatic carbocycles. The van der Waals surface area contributed by atoms with E-state index in [1.807, 2.05) is 6.92 Å². The first kappa shape index (κ1) is 15.4. The summed E-state index contributed by atoms with van der Waals surface area (Å²) in [6, 6.07) is 9.13. The summed E-state index contributed by atoms with van der Waals surface area (Å²) in [6.45, 7) is 2.56. The number of benzene rings is 1. The van der Waals surface area contributed by atoms with Crippen molar-refractivity contribution < 1.29 is 9.59 Å². The minimum Gasteiger partial charge on any atom is -0.352 e. The van der Waals surface area contributed by atoms with Crippen LogP contribution in [-0.4, -0.2) is 28.6 Å². The lowest BCUT2D eigenvalue weighted by Gasteiger charge is -2.07. The summed E-state index contributed by atoms with van der Waals surface area (Å²) in [5.74, 6) is -0.664. The van der Waals surface area contributed by atoms with Crippen LogP contribution in [0.3, 0.4) is 0 Å². The topological polar surface area (TPSA) is 104 Å². The largest absolute Gasteiger partial charge is 0.352 e. The first-order valence-corrected chi connectivity index (χ1v) is 6.85. The van der Waals surface area contributed by atoms with Crippen molar-refractivity contribution in [1.82, 2.24) is 15.5 Å². The van der Waals surface area contributed by atoms with Gasteiger partial charge in [0.25, 0.3) is 17.4 Å². The zero-order valence-electron chi connectivity index (χ0n) is 12.1. The minimum absolute atomic E-state index is 0.0837. The summed E-state index contributed by atoms with van der Waals surface area (Å²) in [4.78, 5) is 34.8. The number of carbonyl (C=O) groups excluding carboxylic acids is 2. The fraction of sp³-hybridized carbons (Fsp3) is 0.200. The highest BCUT2D eigenvalue weighted by Gasteiger charge is 2.10. The van der Waals surface area contributed by atoms with Crippen LogP contribution in [-0.2, 0) is 0 Å². The highest BCUT2D eigenvalue weighted by molar-refractivity contribution is 6.03. The lowest BCUT2D eigenvalue weighted by Crippen LogP contribution is -2.24. The van der Waals surface area contributed by atoms with Crippen LogP contribution in [0.1, 0.15) is 34.2 Å². The van der Waals surface area contributed by atoms with Gasteiger partial charge in [-0.1, -0.05) is 13.0 Å². The van der Waals surface area contributed by atoms with Gasteiger partial charge in [-0.25, -0.2) is 5.10 Å². The Hall–Kier alpha value is -2.96. The molecular weight excluding hydrogens is 284 g/mol. The Morgan fingerprint density at radius 1 is 1.18 bits per heavy atom. The van der Waals surface area contributed by atoms with E-state index in [4.69, 9.17) is 0 Å². The SMILES string of the molecule is CCCNC(=O)c1cccc(NC(=O)c2ccc(=O)[nH]n2)c1. The molecule has 0 spiro atoms. The zero-order valence-corrected chi connectivity index (χ0v) is 12.1. The first-order chi connectivity index (χ1) is 10.6. The van der Waals surface area contributed by atoms with E-state index in [-0.39, 0.29) is 17.2 Å². The number of hydrogen-bond donors (Lipinski definition) is 3. The number of hydrogen-bond acceptors (Lipinski definition) is 4. The molecule has 0 unspecified atom stereocenters. The van der Waals surface area contributed by atoms with Crippen LogP contribution in [0.4, 0.5) is 5.69 Å². The molecule has 1 heterocycles. The van der Waals surface area contributed by atoms with Gasteiger partial charge in [-0.05, 0) is 30.7 Å². The maximum atomic E-state index is 12.0. The molecule has 0 bridgehead atoms. The average molecular weight is 300 g/mol. The lowest BCUT2D eigenvalue weighted by atomic mass is 10.2. The van der Waals surface area contributed by atoms with E-state index < -0.39 is 5.91 Å². The maximum absolute atomic E-state index is 12.0. The second-order valence-electron chi connectivity index (χ2n) is 4.60.